The summed E-state index contributed by atoms with van der Waals surface area (Å²) >= 11 is 12.4. The fourth-order valence-electron chi connectivity index (χ4n) is 4.34. The van der Waals surface area contributed by atoms with E-state index >= 15 is 0 Å². The molecule has 0 aliphatic rings. The van der Waals surface area contributed by atoms with Crippen LogP contribution in [0.3, 0.4) is 0 Å². The van der Waals surface area contributed by atoms with Gasteiger partial charge in [-0.25, -0.2) is 0 Å². The van der Waals surface area contributed by atoms with Gasteiger partial charge in [0.1, 0.15) is 5.52 Å². The molecule has 1 aromatic heterocycles. The second kappa shape index (κ2) is 10.4. The minimum Gasteiger partial charge on any atom is -0.381 e. The summed E-state index contributed by atoms with van der Waals surface area (Å²) < 4.78 is 40.5. The third-order valence-corrected chi connectivity index (χ3v) is 6.58. The van der Waals surface area contributed by atoms with Gasteiger partial charge in [0.15, 0.2) is 0 Å². The maximum absolute atomic E-state index is 13.5. The molecule has 5 rings (SSSR count). The third-order valence-electron chi connectivity index (χ3n) is 6.04. The molecule has 0 saturated carbocycles. The van der Waals surface area contributed by atoms with Gasteiger partial charge in [-0.2, -0.15) is 18.3 Å². The molecule has 0 spiro atoms. The van der Waals surface area contributed by atoms with Crippen molar-refractivity contribution in [3.05, 3.63) is 123 Å². The van der Waals surface area contributed by atoms with Crippen molar-refractivity contribution in [3.63, 3.8) is 0 Å². The summed E-state index contributed by atoms with van der Waals surface area (Å²) in [5.74, 6) is 0. The number of hydrogen-bond acceptors (Lipinski definition) is 3. The first-order valence-electron chi connectivity index (χ1n) is 11.5. The molecule has 186 valence electrons. The zero-order chi connectivity index (χ0) is 26.0. The van der Waals surface area contributed by atoms with E-state index < -0.39 is 11.7 Å². The van der Waals surface area contributed by atoms with Crippen molar-refractivity contribution in [3.8, 4) is 11.1 Å². The van der Waals surface area contributed by atoms with Gasteiger partial charge in [-0.15, -0.1) is 5.10 Å². The van der Waals surface area contributed by atoms with E-state index in [2.05, 4.69) is 15.5 Å². The van der Waals surface area contributed by atoms with Crippen molar-refractivity contribution in [1.29, 1.82) is 0 Å². The first kappa shape index (κ1) is 25.1. The fraction of sp³-hybridized carbons (Fsp3) is 0.103. The number of halogens is 5. The van der Waals surface area contributed by atoms with Crippen molar-refractivity contribution in [2.24, 2.45) is 0 Å². The second-order valence-electron chi connectivity index (χ2n) is 8.55. The molecule has 0 amide bonds. The van der Waals surface area contributed by atoms with Crippen LogP contribution in [0, 0.1) is 0 Å². The Morgan fingerprint density at radius 1 is 0.784 bits per heavy atom. The van der Waals surface area contributed by atoms with Gasteiger partial charge in [-0.3, -0.25) is 0 Å². The van der Waals surface area contributed by atoms with Crippen LogP contribution in [0.15, 0.2) is 91.0 Å². The molecule has 8 heteroatoms. The van der Waals surface area contributed by atoms with E-state index in [0.29, 0.717) is 22.6 Å². The second-order valence-corrected chi connectivity index (χ2v) is 9.40. The molecule has 1 heterocycles. The van der Waals surface area contributed by atoms with Crippen LogP contribution in [0.5, 0.6) is 0 Å². The maximum Gasteiger partial charge on any atom is 0.416 e. The van der Waals surface area contributed by atoms with E-state index in [-0.39, 0.29) is 17.1 Å². The lowest BCUT2D eigenvalue weighted by Crippen LogP contribution is -2.12. The SMILES string of the molecule is FC(F)(F)c1ccc(Cl)cc1CNc1cccc(-c2c(Cc3ccccc3)nnc3c(Cl)cccc23)c1. The molecular formula is C29H20Cl2F3N3. The van der Waals surface area contributed by atoms with Crippen LogP contribution < -0.4 is 5.32 Å². The zero-order valence-corrected chi connectivity index (χ0v) is 20.9. The van der Waals surface area contributed by atoms with E-state index in [1.807, 2.05) is 66.7 Å². The van der Waals surface area contributed by atoms with Crippen LogP contribution in [-0.2, 0) is 19.1 Å². The first-order valence-corrected chi connectivity index (χ1v) is 12.2. The van der Waals surface area contributed by atoms with E-state index in [9.17, 15) is 13.2 Å². The largest absolute Gasteiger partial charge is 0.416 e. The topological polar surface area (TPSA) is 37.8 Å². The third kappa shape index (κ3) is 5.55. The minimum absolute atomic E-state index is 0.0447. The number of benzene rings is 4. The molecule has 3 nitrogen and oxygen atoms in total. The number of rotatable bonds is 6. The van der Waals surface area contributed by atoms with Gasteiger partial charge in [0.2, 0.25) is 0 Å². The van der Waals surface area contributed by atoms with Crippen LogP contribution in [0.25, 0.3) is 22.0 Å². The van der Waals surface area contributed by atoms with Crippen molar-refractivity contribution >= 4 is 39.8 Å². The predicted molar refractivity (Wildman–Crippen MR) is 143 cm³/mol. The van der Waals surface area contributed by atoms with E-state index in [4.69, 9.17) is 23.2 Å². The van der Waals surface area contributed by atoms with Crippen molar-refractivity contribution in [2.45, 2.75) is 19.1 Å². The Morgan fingerprint density at radius 3 is 2.35 bits per heavy atom. The van der Waals surface area contributed by atoms with E-state index in [1.54, 1.807) is 6.07 Å². The summed E-state index contributed by atoms with van der Waals surface area (Å²) in [6, 6.07) is 26.6. The summed E-state index contributed by atoms with van der Waals surface area (Å²) in [4.78, 5) is 0. The lowest BCUT2D eigenvalue weighted by Gasteiger charge is -2.16. The van der Waals surface area contributed by atoms with Gasteiger partial charge in [0.25, 0.3) is 0 Å². The normalized spacial score (nSPS) is 11.6. The van der Waals surface area contributed by atoms with Gasteiger partial charge in [0, 0.05) is 34.6 Å². The van der Waals surface area contributed by atoms with Crippen LogP contribution in [0.1, 0.15) is 22.4 Å². The first-order chi connectivity index (χ1) is 17.8. The molecule has 1 N–H and O–H groups in total. The Hall–Kier alpha value is -3.61. The quantitative estimate of drug-likeness (QED) is 0.235. The van der Waals surface area contributed by atoms with Gasteiger partial charge < -0.3 is 5.32 Å². The van der Waals surface area contributed by atoms with Crippen LogP contribution in [-0.4, -0.2) is 10.2 Å². The van der Waals surface area contributed by atoms with Gasteiger partial charge in [-0.05, 0) is 53.1 Å². The number of nitrogens with zero attached hydrogens (tertiary/aromatic N) is 2. The van der Waals surface area contributed by atoms with Crippen molar-refractivity contribution < 1.29 is 13.2 Å². The monoisotopic (exact) mass is 537 g/mol. The highest BCUT2D eigenvalue weighted by molar-refractivity contribution is 6.35. The Kier molecular flexibility index (Phi) is 7.04. The highest BCUT2D eigenvalue weighted by Gasteiger charge is 2.33. The molecule has 0 atom stereocenters. The molecule has 5 aromatic rings. The summed E-state index contributed by atoms with van der Waals surface area (Å²) in [5, 5.41) is 13.6. The average Bonchev–Trinajstić information content (AvgIpc) is 2.87. The minimum atomic E-state index is -4.48. The number of alkyl halides is 3. The fourth-order valence-corrected chi connectivity index (χ4v) is 4.74. The zero-order valence-electron chi connectivity index (χ0n) is 19.4. The molecule has 0 bridgehead atoms. The summed E-state index contributed by atoms with van der Waals surface area (Å²) in [6.07, 6.45) is -3.92. The molecule has 0 radical (unpaired) electrons. The number of nitrogens with one attached hydrogen (secondary N) is 1. The Bertz CT molecular complexity index is 1570. The number of aromatic nitrogens is 2. The standard InChI is InChI=1S/C29H20Cl2F3N3/c30-21-12-13-24(29(32,33)34)20(15-21)17-35-22-9-4-8-19(16-22)27-23-10-5-11-25(31)28(23)37-36-26(27)14-18-6-2-1-3-7-18/h1-13,15-16,35H,14,17H2. The number of hydrogen-bond donors (Lipinski definition) is 1. The van der Waals surface area contributed by atoms with Crippen molar-refractivity contribution in [1.82, 2.24) is 10.2 Å². The molecule has 4 aromatic carbocycles. The Labute approximate surface area is 221 Å². The lowest BCUT2D eigenvalue weighted by atomic mass is 9.95. The highest BCUT2D eigenvalue weighted by Crippen LogP contribution is 2.36. The number of anilines is 1. The average molecular weight is 538 g/mol. The van der Waals surface area contributed by atoms with Gasteiger partial charge >= 0.3 is 6.18 Å². The molecule has 0 fully saturated rings. The van der Waals surface area contributed by atoms with E-state index in [0.717, 1.165) is 33.8 Å². The van der Waals surface area contributed by atoms with Gasteiger partial charge in [-0.1, -0.05) is 77.8 Å². The predicted octanol–water partition coefficient (Wildman–Crippen LogP) is 8.83. The van der Waals surface area contributed by atoms with Crippen LogP contribution in [0.2, 0.25) is 10.0 Å². The van der Waals surface area contributed by atoms with Crippen molar-refractivity contribution in [2.75, 3.05) is 5.32 Å². The summed E-state index contributed by atoms with van der Waals surface area (Å²) in [5.41, 5.74) is 4.16. The summed E-state index contributed by atoms with van der Waals surface area (Å²) in [6.45, 7) is -0.0447. The lowest BCUT2D eigenvalue weighted by molar-refractivity contribution is -0.138. The molecule has 0 aliphatic heterocycles. The molecule has 0 saturated heterocycles. The molecular weight excluding hydrogens is 518 g/mol. The smallest absolute Gasteiger partial charge is 0.381 e. The van der Waals surface area contributed by atoms with E-state index in [1.165, 1.54) is 12.1 Å². The highest BCUT2D eigenvalue weighted by atomic mass is 35.5. The van der Waals surface area contributed by atoms with Crippen LogP contribution in [0.4, 0.5) is 18.9 Å². The number of fused-ring (bicyclic) bond motifs is 1. The molecule has 0 aliphatic carbocycles. The molecule has 37 heavy (non-hydrogen) atoms. The molecule has 0 unspecified atom stereocenters. The Morgan fingerprint density at radius 2 is 1.57 bits per heavy atom. The van der Waals surface area contributed by atoms with Gasteiger partial charge in [0.05, 0.1) is 16.3 Å². The maximum atomic E-state index is 13.5. The summed E-state index contributed by atoms with van der Waals surface area (Å²) in [7, 11) is 0. The van der Waals surface area contributed by atoms with Crippen LogP contribution >= 0.6 is 23.2 Å². The Balaban J connectivity index is 1.54.